The van der Waals surface area contributed by atoms with Gasteiger partial charge in [0.25, 0.3) is 0 Å². The third kappa shape index (κ3) is 4.46. The van der Waals surface area contributed by atoms with Crippen molar-refractivity contribution in [2.75, 3.05) is 26.2 Å². The molecular weight excluding hydrogens is 350 g/mol. The van der Waals surface area contributed by atoms with Gasteiger partial charge >= 0.3 is 0 Å². The largest absolute Gasteiger partial charge is 0.360 e. The predicted molar refractivity (Wildman–Crippen MR) is 109 cm³/mol. The zero-order valence-electron chi connectivity index (χ0n) is 16.9. The van der Waals surface area contributed by atoms with Crippen molar-refractivity contribution >= 4 is 5.91 Å². The molecule has 0 saturated carbocycles. The zero-order valence-corrected chi connectivity index (χ0v) is 16.9. The first-order valence-corrected chi connectivity index (χ1v) is 10.6. The molecule has 0 aliphatic carbocycles. The summed E-state index contributed by atoms with van der Waals surface area (Å²) in [5.41, 5.74) is 2.64. The normalized spacial score (nSPS) is 20.0. The number of carbonyl (C=O) groups is 1. The van der Waals surface area contributed by atoms with Gasteiger partial charge in [0.15, 0.2) is 5.76 Å². The van der Waals surface area contributed by atoms with Gasteiger partial charge < -0.3 is 9.42 Å². The highest BCUT2D eigenvalue weighted by Gasteiger charge is 2.40. The lowest BCUT2D eigenvalue weighted by Gasteiger charge is -2.47. The molecule has 0 radical (unpaired) electrons. The first-order chi connectivity index (χ1) is 13.7. The number of aryl methyl sites for hydroxylation is 1. The van der Waals surface area contributed by atoms with Crippen molar-refractivity contribution < 1.29 is 9.32 Å². The van der Waals surface area contributed by atoms with Crippen LogP contribution in [0.3, 0.4) is 0 Å². The van der Waals surface area contributed by atoms with E-state index in [1.807, 2.05) is 6.07 Å². The molecule has 1 aromatic carbocycles. The van der Waals surface area contributed by atoms with E-state index in [0.717, 1.165) is 76.3 Å². The first kappa shape index (κ1) is 19.2. The lowest BCUT2D eigenvalue weighted by atomic mass is 9.72. The molecular formula is C23H31N3O2. The molecule has 5 nitrogen and oxygen atoms in total. The van der Waals surface area contributed by atoms with Gasteiger partial charge in [-0.1, -0.05) is 42.4 Å². The molecule has 0 N–H and O–H groups in total. The smallest absolute Gasteiger partial charge is 0.222 e. The van der Waals surface area contributed by atoms with Crippen LogP contribution in [0.1, 0.15) is 49.6 Å². The number of hydrogen-bond donors (Lipinski definition) is 0. The van der Waals surface area contributed by atoms with E-state index in [1.54, 1.807) is 0 Å². The van der Waals surface area contributed by atoms with E-state index in [-0.39, 0.29) is 0 Å². The summed E-state index contributed by atoms with van der Waals surface area (Å²) in [6.45, 7) is 6.85. The van der Waals surface area contributed by atoms with Crippen LogP contribution in [0, 0.1) is 5.41 Å². The predicted octanol–water partition coefficient (Wildman–Crippen LogP) is 3.68. The summed E-state index contributed by atoms with van der Waals surface area (Å²) >= 11 is 0. The number of rotatable bonds is 6. The molecule has 150 valence electrons. The zero-order chi connectivity index (χ0) is 19.4. The van der Waals surface area contributed by atoms with Gasteiger partial charge in [0.1, 0.15) is 0 Å². The van der Waals surface area contributed by atoms with E-state index >= 15 is 0 Å². The highest BCUT2D eigenvalue weighted by Crippen LogP contribution is 2.40. The number of aromatic nitrogens is 1. The minimum absolute atomic E-state index is 0.303. The number of nitrogens with zero attached hydrogens (tertiary/aromatic N) is 3. The quantitative estimate of drug-likeness (QED) is 0.766. The molecule has 0 atom stereocenters. The van der Waals surface area contributed by atoms with Gasteiger partial charge in [-0.25, -0.2) is 0 Å². The molecule has 3 heterocycles. The van der Waals surface area contributed by atoms with Crippen LogP contribution in [0.4, 0.5) is 0 Å². The molecule has 28 heavy (non-hydrogen) atoms. The molecule has 1 spiro atoms. The van der Waals surface area contributed by atoms with Crippen molar-refractivity contribution in [2.45, 2.75) is 52.0 Å². The monoisotopic (exact) mass is 381 g/mol. The first-order valence-electron chi connectivity index (χ1n) is 10.6. The molecule has 4 rings (SSSR count). The second-order valence-electron chi connectivity index (χ2n) is 8.47. The van der Waals surface area contributed by atoms with Gasteiger partial charge in [0.2, 0.25) is 5.91 Å². The maximum atomic E-state index is 12.5. The van der Waals surface area contributed by atoms with Crippen LogP contribution in [0.5, 0.6) is 0 Å². The maximum absolute atomic E-state index is 12.5. The number of carbonyl (C=O) groups excluding carboxylic acids is 1. The van der Waals surface area contributed by atoms with E-state index < -0.39 is 0 Å². The molecule has 0 unspecified atom stereocenters. The van der Waals surface area contributed by atoms with E-state index in [2.05, 4.69) is 52.2 Å². The number of likely N-dealkylation sites (tertiary alicyclic amines) is 2. The number of benzene rings is 1. The van der Waals surface area contributed by atoms with E-state index in [9.17, 15) is 4.79 Å². The number of piperidine rings is 2. The van der Waals surface area contributed by atoms with E-state index in [4.69, 9.17) is 4.52 Å². The molecule has 2 saturated heterocycles. The third-order valence-electron chi connectivity index (χ3n) is 6.53. The number of amides is 1. The summed E-state index contributed by atoms with van der Waals surface area (Å²) in [6.07, 6.45) is 5.94. The average molecular weight is 382 g/mol. The van der Waals surface area contributed by atoms with Crippen molar-refractivity contribution in [3.63, 3.8) is 0 Å². The Morgan fingerprint density at radius 3 is 2.64 bits per heavy atom. The minimum atomic E-state index is 0.303. The summed E-state index contributed by atoms with van der Waals surface area (Å²) in [6, 6.07) is 12.6. The summed E-state index contributed by atoms with van der Waals surface area (Å²) in [7, 11) is 0. The minimum Gasteiger partial charge on any atom is -0.360 e. The Morgan fingerprint density at radius 2 is 1.93 bits per heavy atom. The topological polar surface area (TPSA) is 49.6 Å². The van der Waals surface area contributed by atoms with Crippen molar-refractivity contribution in [3.8, 4) is 0 Å². The molecule has 5 heteroatoms. The molecule has 2 aliphatic heterocycles. The fourth-order valence-corrected chi connectivity index (χ4v) is 4.63. The van der Waals surface area contributed by atoms with Gasteiger partial charge in [-0.15, -0.1) is 0 Å². The van der Waals surface area contributed by atoms with Gasteiger partial charge in [-0.2, -0.15) is 0 Å². The van der Waals surface area contributed by atoms with E-state index in [0.29, 0.717) is 17.7 Å². The molecule has 2 fully saturated rings. The van der Waals surface area contributed by atoms with Crippen molar-refractivity contribution in [1.29, 1.82) is 0 Å². The summed E-state index contributed by atoms with van der Waals surface area (Å²) < 4.78 is 5.46. The Labute approximate surface area is 167 Å². The Balaban J connectivity index is 1.30. The van der Waals surface area contributed by atoms with E-state index in [1.165, 1.54) is 5.56 Å². The van der Waals surface area contributed by atoms with Crippen molar-refractivity contribution in [1.82, 2.24) is 15.0 Å². The highest BCUT2D eigenvalue weighted by molar-refractivity contribution is 5.77. The third-order valence-corrected chi connectivity index (χ3v) is 6.53. The Kier molecular flexibility index (Phi) is 5.81. The summed E-state index contributed by atoms with van der Waals surface area (Å²) in [4.78, 5) is 17.1. The standard InChI is InChI=1S/C23H31N3O2/c1-2-20-16-21(28-24-20)17-25-14-11-23(12-15-25)10-8-22(27)26(18-23)13-9-19-6-4-3-5-7-19/h3-7,16H,2,8-15,17-18H2,1H3. The van der Waals surface area contributed by atoms with Crippen molar-refractivity contribution in [2.24, 2.45) is 5.41 Å². The highest BCUT2D eigenvalue weighted by atomic mass is 16.5. The average Bonchev–Trinajstić information content (AvgIpc) is 3.19. The SMILES string of the molecule is CCc1cc(CN2CCC3(CCC(=O)N(CCc4ccccc4)C3)CC2)on1. The van der Waals surface area contributed by atoms with Gasteiger partial charge in [-0.05, 0) is 56.2 Å². The second-order valence-corrected chi connectivity index (χ2v) is 8.47. The summed E-state index contributed by atoms with van der Waals surface area (Å²) in [5.74, 6) is 1.30. The van der Waals surface area contributed by atoms with Crippen LogP contribution in [0.2, 0.25) is 0 Å². The van der Waals surface area contributed by atoms with Crippen LogP contribution in [0.15, 0.2) is 40.9 Å². The van der Waals surface area contributed by atoms with Crippen molar-refractivity contribution in [3.05, 3.63) is 53.4 Å². The van der Waals surface area contributed by atoms with Crippen LogP contribution < -0.4 is 0 Å². The summed E-state index contributed by atoms with van der Waals surface area (Å²) in [5, 5.41) is 4.10. The fourth-order valence-electron chi connectivity index (χ4n) is 4.63. The molecule has 0 bridgehead atoms. The Hall–Kier alpha value is -2.14. The molecule has 1 aromatic heterocycles. The molecule has 2 aromatic rings. The van der Waals surface area contributed by atoms with Crippen LogP contribution >= 0.6 is 0 Å². The Bertz CT molecular complexity index is 778. The van der Waals surface area contributed by atoms with Crippen LogP contribution in [-0.4, -0.2) is 47.0 Å². The molecule has 2 aliphatic rings. The molecule has 1 amide bonds. The second kappa shape index (κ2) is 8.48. The lowest BCUT2D eigenvalue weighted by molar-refractivity contribution is -0.139. The van der Waals surface area contributed by atoms with Crippen LogP contribution in [0.25, 0.3) is 0 Å². The van der Waals surface area contributed by atoms with Crippen LogP contribution in [-0.2, 0) is 24.2 Å². The van der Waals surface area contributed by atoms with Gasteiger partial charge in [0, 0.05) is 25.6 Å². The van der Waals surface area contributed by atoms with Gasteiger partial charge in [-0.3, -0.25) is 9.69 Å². The fraction of sp³-hybridized carbons (Fsp3) is 0.565. The van der Waals surface area contributed by atoms with Gasteiger partial charge in [0.05, 0.1) is 12.2 Å². The lowest BCUT2D eigenvalue weighted by Crippen LogP contribution is -2.51. The Morgan fingerprint density at radius 1 is 1.14 bits per heavy atom. The number of hydrogen-bond acceptors (Lipinski definition) is 4. The maximum Gasteiger partial charge on any atom is 0.222 e.